The molecule has 0 N–H and O–H groups in total. The van der Waals surface area contributed by atoms with Gasteiger partial charge >= 0.3 is 0 Å². The van der Waals surface area contributed by atoms with Crippen molar-refractivity contribution in [3.05, 3.63) is 33.8 Å². The Balaban J connectivity index is 2.15. The molecule has 0 atom stereocenters. The van der Waals surface area contributed by atoms with Crippen molar-refractivity contribution in [3.8, 4) is 0 Å². The number of halogens is 2. The molecule has 0 bridgehead atoms. The van der Waals surface area contributed by atoms with Gasteiger partial charge in [-0.05, 0) is 24.5 Å². The van der Waals surface area contributed by atoms with Gasteiger partial charge in [-0.2, -0.15) is 0 Å². The number of rotatable bonds is 4. The molecule has 1 saturated carbocycles. The lowest BCUT2D eigenvalue weighted by molar-refractivity contribution is -0.119. The lowest BCUT2D eigenvalue weighted by Gasteiger charge is -2.17. The third-order valence-corrected chi connectivity index (χ3v) is 3.39. The van der Waals surface area contributed by atoms with Gasteiger partial charge in [-0.15, -0.1) is 0 Å². The molecule has 15 heavy (non-hydrogen) atoms. The van der Waals surface area contributed by atoms with E-state index in [1.165, 1.54) is 0 Å². The molecule has 0 spiro atoms. The van der Waals surface area contributed by atoms with Crippen LogP contribution in [0.2, 0.25) is 10.0 Å². The Morgan fingerprint density at radius 3 is 2.73 bits per heavy atom. The van der Waals surface area contributed by atoms with Crippen LogP contribution in [-0.2, 0) is 11.3 Å². The average Bonchev–Trinajstić information content (AvgIpc) is 3.04. The van der Waals surface area contributed by atoms with Gasteiger partial charge < -0.3 is 4.90 Å². The van der Waals surface area contributed by atoms with Crippen LogP contribution in [0.1, 0.15) is 18.4 Å². The van der Waals surface area contributed by atoms with Crippen LogP contribution in [0.15, 0.2) is 18.2 Å². The van der Waals surface area contributed by atoms with Gasteiger partial charge in [0, 0.05) is 12.6 Å². The monoisotopic (exact) mass is 243 g/mol. The fraction of sp³-hybridized carbons (Fsp3) is 0.364. The second kappa shape index (κ2) is 4.42. The van der Waals surface area contributed by atoms with Gasteiger partial charge in [0.05, 0.1) is 10.0 Å². The predicted octanol–water partition coefficient (Wildman–Crippen LogP) is 3.11. The standard InChI is InChI=1S/C11H11Cl2NO/c12-10-3-1-2-8(11(10)13)6-14(7-15)9-4-5-9/h1-3,7,9H,4-6H2. The third kappa shape index (κ3) is 2.44. The molecule has 1 amide bonds. The topological polar surface area (TPSA) is 20.3 Å². The van der Waals surface area contributed by atoms with Gasteiger partial charge in [-0.25, -0.2) is 0 Å². The molecule has 0 radical (unpaired) electrons. The summed E-state index contributed by atoms with van der Waals surface area (Å²) in [5, 5.41) is 1.09. The maximum Gasteiger partial charge on any atom is 0.210 e. The highest BCUT2D eigenvalue weighted by molar-refractivity contribution is 6.42. The Morgan fingerprint density at radius 2 is 2.13 bits per heavy atom. The molecule has 4 heteroatoms. The van der Waals surface area contributed by atoms with Crippen LogP contribution in [0.25, 0.3) is 0 Å². The quantitative estimate of drug-likeness (QED) is 0.745. The van der Waals surface area contributed by atoms with E-state index >= 15 is 0 Å². The molecular weight excluding hydrogens is 233 g/mol. The van der Waals surface area contributed by atoms with Gasteiger partial charge in [0.25, 0.3) is 0 Å². The number of hydrogen-bond donors (Lipinski definition) is 0. The van der Waals surface area contributed by atoms with Gasteiger partial charge in [0.2, 0.25) is 6.41 Å². The largest absolute Gasteiger partial charge is 0.338 e. The number of carbonyl (C=O) groups is 1. The van der Waals surface area contributed by atoms with Crippen molar-refractivity contribution in [2.24, 2.45) is 0 Å². The summed E-state index contributed by atoms with van der Waals surface area (Å²) in [5.41, 5.74) is 0.906. The van der Waals surface area contributed by atoms with Gasteiger partial charge in [-0.1, -0.05) is 35.3 Å². The minimum atomic E-state index is 0.401. The van der Waals surface area contributed by atoms with Crippen LogP contribution in [0.4, 0.5) is 0 Å². The molecule has 1 aliphatic rings. The molecule has 0 heterocycles. The van der Waals surface area contributed by atoms with Gasteiger partial charge in [0.15, 0.2) is 0 Å². The second-order valence-corrected chi connectivity index (χ2v) is 4.51. The molecule has 1 aromatic carbocycles. The van der Waals surface area contributed by atoms with Crippen molar-refractivity contribution < 1.29 is 4.79 Å². The number of benzene rings is 1. The van der Waals surface area contributed by atoms with Crippen LogP contribution in [0, 0.1) is 0 Å². The number of carbonyl (C=O) groups excluding carboxylic acids is 1. The fourth-order valence-corrected chi connectivity index (χ4v) is 1.91. The van der Waals surface area contributed by atoms with Crippen molar-refractivity contribution >= 4 is 29.6 Å². The average molecular weight is 244 g/mol. The highest BCUT2D eigenvalue weighted by Crippen LogP contribution is 2.30. The molecule has 0 saturated heterocycles. The molecule has 2 nitrogen and oxygen atoms in total. The van der Waals surface area contributed by atoms with E-state index in [4.69, 9.17) is 23.2 Å². The van der Waals surface area contributed by atoms with Crippen molar-refractivity contribution in [3.63, 3.8) is 0 Å². The molecular formula is C11H11Cl2NO. The third-order valence-electron chi connectivity index (χ3n) is 2.54. The van der Waals surface area contributed by atoms with E-state index in [1.807, 2.05) is 12.1 Å². The van der Waals surface area contributed by atoms with E-state index in [2.05, 4.69) is 0 Å². The fourth-order valence-electron chi connectivity index (χ4n) is 1.53. The summed E-state index contributed by atoms with van der Waals surface area (Å²) < 4.78 is 0. The highest BCUT2D eigenvalue weighted by atomic mass is 35.5. The van der Waals surface area contributed by atoms with Crippen LogP contribution >= 0.6 is 23.2 Å². The van der Waals surface area contributed by atoms with Crippen molar-refractivity contribution in [1.29, 1.82) is 0 Å². The zero-order valence-corrected chi connectivity index (χ0v) is 9.63. The zero-order valence-electron chi connectivity index (χ0n) is 8.12. The highest BCUT2D eigenvalue weighted by Gasteiger charge is 2.28. The Labute approximate surface area is 98.8 Å². The second-order valence-electron chi connectivity index (χ2n) is 3.72. The van der Waals surface area contributed by atoms with Gasteiger partial charge in [0.1, 0.15) is 0 Å². The zero-order chi connectivity index (χ0) is 10.8. The molecule has 80 valence electrons. The first-order chi connectivity index (χ1) is 7.22. The molecule has 0 aromatic heterocycles. The smallest absolute Gasteiger partial charge is 0.210 e. The first-order valence-electron chi connectivity index (χ1n) is 4.86. The summed E-state index contributed by atoms with van der Waals surface area (Å²) in [4.78, 5) is 12.6. The molecule has 0 unspecified atom stereocenters. The minimum absolute atomic E-state index is 0.401. The summed E-state index contributed by atoms with van der Waals surface area (Å²) in [6.45, 7) is 0.549. The Morgan fingerprint density at radius 1 is 1.40 bits per heavy atom. The summed E-state index contributed by atoms with van der Waals surface area (Å²) in [5.74, 6) is 0. The Kier molecular flexibility index (Phi) is 3.17. The molecule has 2 rings (SSSR count). The maximum absolute atomic E-state index is 10.8. The van der Waals surface area contributed by atoms with E-state index in [0.717, 1.165) is 24.8 Å². The van der Waals surface area contributed by atoms with Crippen LogP contribution in [0.5, 0.6) is 0 Å². The van der Waals surface area contributed by atoms with E-state index in [9.17, 15) is 4.79 Å². The number of amides is 1. The van der Waals surface area contributed by atoms with E-state index in [0.29, 0.717) is 22.6 Å². The van der Waals surface area contributed by atoms with E-state index in [1.54, 1.807) is 11.0 Å². The van der Waals surface area contributed by atoms with Crippen molar-refractivity contribution in [2.75, 3.05) is 0 Å². The number of nitrogens with zero attached hydrogens (tertiary/aromatic N) is 1. The van der Waals surface area contributed by atoms with Crippen molar-refractivity contribution in [2.45, 2.75) is 25.4 Å². The molecule has 1 aliphatic carbocycles. The minimum Gasteiger partial charge on any atom is -0.338 e. The van der Waals surface area contributed by atoms with Crippen LogP contribution < -0.4 is 0 Å². The van der Waals surface area contributed by atoms with Crippen LogP contribution in [-0.4, -0.2) is 17.4 Å². The predicted molar refractivity (Wildman–Crippen MR) is 61.1 cm³/mol. The first-order valence-corrected chi connectivity index (χ1v) is 5.62. The molecule has 0 aliphatic heterocycles. The maximum atomic E-state index is 10.8. The lowest BCUT2D eigenvalue weighted by Crippen LogP contribution is -2.23. The number of hydrogen-bond acceptors (Lipinski definition) is 1. The summed E-state index contributed by atoms with van der Waals surface area (Å²) >= 11 is 11.9. The lowest BCUT2D eigenvalue weighted by atomic mass is 10.2. The Bertz CT molecular complexity index is 377. The molecule has 1 aromatic rings. The van der Waals surface area contributed by atoms with E-state index in [-0.39, 0.29) is 0 Å². The van der Waals surface area contributed by atoms with E-state index < -0.39 is 0 Å². The van der Waals surface area contributed by atoms with Crippen LogP contribution in [0.3, 0.4) is 0 Å². The van der Waals surface area contributed by atoms with Gasteiger partial charge in [-0.3, -0.25) is 4.79 Å². The summed E-state index contributed by atoms with van der Waals surface area (Å²) in [6.07, 6.45) is 3.07. The normalized spacial score (nSPS) is 15.1. The summed E-state index contributed by atoms with van der Waals surface area (Å²) in [6, 6.07) is 5.89. The Hall–Kier alpha value is -0.730. The summed E-state index contributed by atoms with van der Waals surface area (Å²) in [7, 11) is 0. The first kappa shape index (κ1) is 10.8. The molecule has 1 fully saturated rings. The van der Waals surface area contributed by atoms with Crippen molar-refractivity contribution in [1.82, 2.24) is 4.90 Å². The SMILES string of the molecule is O=CN(Cc1cccc(Cl)c1Cl)C1CC1.